The van der Waals surface area contributed by atoms with E-state index in [-0.39, 0.29) is 4.21 Å². The number of thiophene rings is 1. The summed E-state index contributed by atoms with van der Waals surface area (Å²) in [4.78, 5) is 0. The van der Waals surface area contributed by atoms with Crippen LogP contribution in [-0.4, -0.2) is 15.5 Å². The van der Waals surface area contributed by atoms with Gasteiger partial charge in [-0.25, -0.2) is 13.1 Å². The van der Waals surface area contributed by atoms with Crippen LogP contribution >= 0.6 is 11.3 Å². The van der Waals surface area contributed by atoms with Crippen LogP contribution in [0, 0.1) is 20.8 Å². The molecule has 1 heterocycles. The molecule has 6 heteroatoms. The molecule has 0 spiro atoms. The molecule has 1 aromatic carbocycles. The van der Waals surface area contributed by atoms with E-state index in [1.54, 1.807) is 11.4 Å². The molecule has 108 valence electrons. The first kappa shape index (κ1) is 15.0. The SMILES string of the molecule is CNS(=O)(=O)c1sccc1Oc1ccc(C)c(C)c1C. The van der Waals surface area contributed by atoms with Crippen LogP contribution in [0.3, 0.4) is 0 Å². The quantitative estimate of drug-likeness (QED) is 0.942. The number of aryl methyl sites for hydroxylation is 1. The zero-order valence-corrected chi connectivity index (χ0v) is 13.5. The van der Waals surface area contributed by atoms with E-state index in [2.05, 4.69) is 4.72 Å². The lowest BCUT2D eigenvalue weighted by atomic mass is 10.0. The first-order valence-corrected chi connectivity index (χ1v) is 8.49. The summed E-state index contributed by atoms with van der Waals surface area (Å²) in [6.45, 7) is 6.03. The maximum atomic E-state index is 11.9. The fourth-order valence-electron chi connectivity index (χ4n) is 1.81. The number of ether oxygens (including phenoxy) is 1. The van der Waals surface area contributed by atoms with Crippen LogP contribution in [0.4, 0.5) is 0 Å². The molecule has 0 aliphatic heterocycles. The molecule has 0 amide bonds. The van der Waals surface area contributed by atoms with Gasteiger partial charge in [0.15, 0.2) is 9.96 Å². The summed E-state index contributed by atoms with van der Waals surface area (Å²) in [6, 6.07) is 5.50. The highest BCUT2D eigenvalue weighted by Gasteiger charge is 2.20. The van der Waals surface area contributed by atoms with Gasteiger partial charge in [-0.15, -0.1) is 11.3 Å². The van der Waals surface area contributed by atoms with Crippen LogP contribution in [0.5, 0.6) is 11.5 Å². The molecule has 0 unspecified atom stereocenters. The highest BCUT2D eigenvalue weighted by Crippen LogP contribution is 2.35. The first-order chi connectivity index (χ1) is 9.36. The van der Waals surface area contributed by atoms with E-state index in [1.165, 1.54) is 12.6 Å². The van der Waals surface area contributed by atoms with Gasteiger partial charge in [0.25, 0.3) is 10.0 Å². The van der Waals surface area contributed by atoms with Crippen molar-refractivity contribution in [2.45, 2.75) is 25.0 Å². The van der Waals surface area contributed by atoms with Crippen molar-refractivity contribution in [2.75, 3.05) is 7.05 Å². The van der Waals surface area contributed by atoms with E-state index in [9.17, 15) is 8.42 Å². The van der Waals surface area contributed by atoms with Crippen molar-refractivity contribution in [3.8, 4) is 11.5 Å². The first-order valence-electron chi connectivity index (χ1n) is 6.12. The molecular weight excluding hydrogens is 294 g/mol. The lowest BCUT2D eigenvalue weighted by molar-refractivity contribution is 0.467. The lowest BCUT2D eigenvalue weighted by Gasteiger charge is -2.12. The molecule has 0 fully saturated rings. The standard InChI is InChI=1S/C14H17NO3S2/c1-9-5-6-12(11(3)10(9)2)18-13-7-8-19-14(13)20(16,17)15-4/h5-8,15H,1-4H3. The highest BCUT2D eigenvalue weighted by molar-refractivity contribution is 7.91. The fourth-order valence-corrected chi connectivity index (χ4v) is 3.83. The van der Waals surface area contributed by atoms with Gasteiger partial charge in [0.1, 0.15) is 5.75 Å². The number of hydrogen-bond acceptors (Lipinski definition) is 4. The van der Waals surface area contributed by atoms with Crippen LogP contribution in [0.2, 0.25) is 0 Å². The Bertz CT molecular complexity index is 733. The summed E-state index contributed by atoms with van der Waals surface area (Å²) >= 11 is 1.14. The third kappa shape index (κ3) is 2.72. The maximum Gasteiger partial charge on any atom is 0.253 e. The molecule has 0 atom stereocenters. The Morgan fingerprint density at radius 1 is 1.05 bits per heavy atom. The van der Waals surface area contributed by atoms with Crippen LogP contribution in [0.15, 0.2) is 27.8 Å². The molecule has 0 aliphatic carbocycles. The predicted octanol–water partition coefficient (Wildman–Crippen LogP) is 3.37. The summed E-state index contributed by atoms with van der Waals surface area (Å²) in [5.41, 5.74) is 3.35. The van der Waals surface area contributed by atoms with E-state index in [0.29, 0.717) is 11.5 Å². The smallest absolute Gasteiger partial charge is 0.253 e. The summed E-state index contributed by atoms with van der Waals surface area (Å²) in [7, 11) is -2.10. The number of hydrogen-bond donors (Lipinski definition) is 1. The van der Waals surface area contributed by atoms with E-state index < -0.39 is 10.0 Å². The molecular formula is C14H17NO3S2. The summed E-state index contributed by atoms with van der Waals surface area (Å²) in [6.07, 6.45) is 0. The molecule has 0 radical (unpaired) electrons. The van der Waals surface area contributed by atoms with Crippen LogP contribution in [0.25, 0.3) is 0 Å². The number of sulfonamides is 1. The second-order valence-electron chi connectivity index (χ2n) is 4.51. The minimum absolute atomic E-state index is 0.192. The highest BCUT2D eigenvalue weighted by atomic mass is 32.2. The van der Waals surface area contributed by atoms with E-state index >= 15 is 0 Å². The molecule has 0 saturated heterocycles. The van der Waals surface area contributed by atoms with Gasteiger partial charge >= 0.3 is 0 Å². The lowest BCUT2D eigenvalue weighted by Crippen LogP contribution is -2.17. The molecule has 2 aromatic rings. The Morgan fingerprint density at radius 2 is 1.75 bits per heavy atom. The summed E-state index contributed by atoms with van der Waals surface area (Å²) < 4.78 is 32.1. The second-order valence-corrected chi connectivity index (χ2v) is 7.51. The average molecular weight is 311 g/mol. The minimum atomic E-state index is -3.49. The van der Waals surface area contributed by atoms with Crippen molar-refractivity contribution < 1.29 is 13.2 Å². The summed E-state index contributed by atoms with van der Waals surface area (Å²) in [5.74, 6) is 1.04. The van der Waals surface area contributed by atoms with Crippen molar-refractivity contribution in [1.82, 2.24) is 4.72 Å². The molecule has 4 nitrogen and oxygen atoms in total. The third-order valence-corrected chi connectivity index (χ3v) is 6.20. The molecule has 0 aliphatic rings. The monoisotopic (exact) mass is 311 g/mol. The third-order valence-electron chi connectivity index (χ3n) is 3.34. The van der Waals surface area contributed by atoms with E-state index in [1.807, 2.05) is 32.9 Å². The van der Waals surface area contributed by atoms with Gasteiger partial charge in [0, 0.05) is 0 Å². The van der Waals surface area contributed by atoms with Gasteiger partial charge in [-0.2, -0.15) is 0 Å². The Labute approximate surface area is 123 Å². The van der Waals surface area contributed by atoms with Crippen molar-refractivity contribution in [1.29, 1.82) is 0 Å². The number of rotatable bonds is 4. The van der Waals surface area contributed by atoms with Gasteiger partial charge in [0.05, 0.1) is 0 Å². The molecule has 1 N–H and O–H groups in total. The normalized spacial score (nSPS) is 11.6. The molecule has 0 saturated carbocycles. The Balaban J connectivity index is 2.43. The Kier molecular flexibility index (Phi) is 4.17. The second kappa shape index (κ2) is 5.55. The molecule has 2 rings (SSSR count). The Hall–Kier alpha value is -1.37. The zero-order chi connectivity index (χ0) is 14.9. The van der Waals surface area contributed by atoms with Gasteiger partial charge in [-0.3, -0.25) is 0 Å². The van der Waals surface area contributed by atoms with Crippen LogP contribution in [0.1, 0.15) is 16.7 Å². The van der Waals surface area contributed by atoms with Crippen molar-refractivity contribution >= 4 is 21.4 Å². The minimum Gasteiger partial charge on any atom is -0.455 e. The molecule has 20 heavy (non-hydrogen) atoms. The largest absolute Gasteiger partial charge is 0.455 e. The number of benzene rings is 1. The van der Waals surface area contributed by atoms with Crippen LogP contribution < -0.4 is 9.46 Å². The average Bonchev–Trinajstić information content (AvgIpc) is 2.88. The number of nitrogens with one attached hydrogen (secondary N) is 1. The van der Waals surface area contributed by atoms with Gasteiger partial charge < -0.3 is 4.74 Å². The Morgan fingerprint density at radius 3 is 2.40 bits per heavy atom. The van der Waals surface area contributed by atoms with Gasteiger partial charge in [-0.05, 0) is 62.0 Å². The van der Waals surface area contributed by atoms with Crippen molar-refractivity contribution in [3.05, 3.63) is 40.3 Å². The van der Waals surface area contributed by atoms with Gasteiger partial charge in [-0.1, -0.05) is 6.07 Å². The zero-order valence-electron chi connectivity index (χ0n) is 11.9. The maximum absolute atomic E-state index is 11.9. The van der Waals surface area contributed by atoms with Crippen molar-refractivity contribution in [3.63, 3.8) is 0 Å². The molecule has 0 bridgehead atoms. The topological polar surface area (TPSA) is 55.4 Å². The van der Waals surface area contributed by atoms with E-state index in [4.69, 9.17) is 4.74 Å². The van der Waals surface area contributed by atoms with Gasteiger partial charge in [0.2, 0.25) is 0 Å². The fraction of sp³-hybridized carbons (Fsp3) is 0.286. The molecule has 1 aromatic heterocycles. The van der Waals surface area contributed by atoms with Crippen LogP contribution in [-0.2, 0) is 10.0 Å². The predicted molar refractivity (Wildman–Crippen MR) is 81.3 cm³/mol. The van der Waals surface area contributed by atoms with Crippen molar-refractivity contribution in [2.24, 2.45) is 0 Å². The summed E-state index contributed by atoms with van der Waals surface area (Å²) in [5, 5.41) is 1.70. The van der Waals surface area contributed by atoms with E-state index in [0.717, 1.165) is 22.5 Å².